The van der Waals surface area contributed by atoms with Crippen molar-refractivity contribution in [3.63, 3.8) is 0 Å². The standard InChI is InChI=1S/C11H12ClN3O2/c1-7(11(16)17)13-4-9-6-15-5-8(12)2-3-10(15)14-9/h2-3,5-7,13H,4H2,1H3,(H,16,17). The van der Waals surface area contributed by atoms with Crippen LogP contribution in [-0.2, 0) is 11.3 Å². The molecular weight excluding hydrogens is 242 g/mol. The first-order valence-corrected chi connectivity index (χ1v) is 5.53. The summed E-state index contributed by atoms with van der Waals surface area (Å²) in [6.45, 7) is 2.00. The summed E-state index contributed by atoms with van der Waals surface area (Å²) in [6.07, 6.45) is 3.58. The van der Waals surface area contributed by atoms with Gasteiger partial charge in [-0.15, -0.1) is 0 Å². The number of carboxylic acid groups (broad SMARTS) is 1. The molecule has 0 spiro atoms. The topological polar surface area (TPSA) is 66.6 Å². The van der Waals surface area contributed by atoms with Gasteiger partial charge in [-0.1, -0.05) is 11.6 Å². The molecule has 6 heteroatoms. The first kappa shape index (κ1) is 11.9. The molecule has 0 bridgehead atoms. The van der Waals surface area contributed by atoms with Crippen molar-refractivity contribution < 1.29 is 9.90 Å². The molecule has 2 N–H and O–H groups in total. The Morgan fingerprint density at radius 1 is 1.59 bits per heavy atom. The van der Waals surface area contributed by atoms with Gasteiger partial charge in [0.15, 0.2) is 0 Å². The van der Waals surface area contributed by atoms with Gasteiger partial charge in [0.05, 0.1) is 10.7 Å². The van der Waals surface area contributed by atoms with Crippen LogP contribution in [0, 0.1) is 0 Å². The summed E-state index contributed by atoms with van der Waals surface area (Å²) in [7, 11) is 0. The number of nitrogens with one attached hydrogen (secondary N) is 1. The van der Waals surface area contributed by atoms with Gasteiger partial charge < -0.3 is 9.51 Å². The molecular formula is C11H12ClN3O2. The molecule has 17 heavy (non-hydrogen) atoms. The average Bonchev–Trinajstić information content (AvgIpc) is 2.67. The van der Waals surface area contributed by atoms with Gasteiger partial charge in [0.2, 0.25) is 0 Å². The van der Waals surface area contributed by atoms with Crippen LogP contribution in [0.4, 0.5) is 0 Å². The number of imidazole rings is 1. The summed E-state index contributed by atoms with van der Waals surface area (Å²) in [5, 5.41) is 12.2. The molecule has 2 aromatic heterocycles. The zero-order valence-corrected chi connectivity index (χ0v) is 9.98. The van der Waals surface area contributed by atoms with Gasteiger partial charge in [0, 0.05) is 18.9 Å². The number of nitrogens with zero attached hydrogens (tertiary/aromatic N) is 2. The Balaban J connectivity index is 2.12. The molecule has 2 heterocycles. The molecule has 1 atom stereocenters. The van der Waals surface area contributed by atoms with Crippen molar-refractivity contribution in [1.82, 2.24) is 14.7 Å². The van der Waals surface area contributed by atoms with Crippen molar-refractivity contribution in [2.45, 2.75) is 19.5 Å². The first-order chi connectivity index (χ1) is 8.06. The van der Waals surface area contributed by atoms with E-state index in [1.165, 1.54) is 0 Å². The quantitative estimate of drug-likeness (QED) is 0.868. The zero-order chi connectivity index (χ0) is 12.4. The third-order valence-corrected chi connectivity index (χ3v) is 2.65. The molecule has 2 aromatic rings. The van der Waals surface area contributed by atoms with E-state index in [4.69, 9.17) is 16.7 Å². The van der Waals surface area contributed by atoms with Gasteiger partial charge in [0.25, 0.3) is 0 Å². The fourth-order valence-corrected chi connectivity index (χ4v) is 1.62. The number of aromatic nitrogens is 2. The smallest absolute Gasteiger partial charge is 0.320 e. The van der Waals surface area contributed by atoms with Crippen LogP contribution < -0.4 is 5.32 Å². The average molecular weight is 254 g/mol. The van der Waals surface area contributed by atoms with Crippen LogP contribution >= 0.6 is 11.6 Å². The fraction of sp³-hybridized carbons (Fsp3) is 0.273. The SMILES string of the molecule is CC(NCc1cn2cc(Cl)ccc2n1)C(=O)O. The summed E-state index contributed by atoms with van der Waals surface area (Å²) in [5.74, 6) is -0.878. The van der Waals surface area contributed by atoms with Crippen LogP contribution in [0.5, 0.6) is 0 Å². The molecule has 0 saturated carbocycles. The van der Waals surface area contributed by atoms with Crippen molar-refractivity contribution in [2.24, 2.45) is 0 Å². The fourth-order valence-electron chi connectivity index (χ4n) is 1.45. The molecule has 0 aliphatic carbocycles. The highest BCUT2D eigenvalue weighted by Gasteiger charge is 2.10. The van der Waals surface area contributed by atoms with Crippen molar-refractivity contribution in [3.8, 4) is 0 Å². The van der Waals surface area contributed by atoms with E-state index in [1.807, 2.05) is 16.7 Å². The molecule has 0 saturated heterocycles. The second-order valence-electron chi connectivity index (χ2n) is 3.79. The van der Waals surface area contributed by atoms with E-state index in [2.05, 4.69) is 10.3 Å². The number of rotatable bonds is 4. The number of carboxylic acids is 1. The normalized spacial score (nSPS) is 12.8. The second-order valence-corrected chi connectivity index (χ2v) is 4.22. The van der Waals surface area contributed by atoms with Gasteiger partial charge in [-0.05, 0) is 19.1 Å². The Morgan fingerprint density at radius 3 is 3.06 bits per heavy atom. The third-order valence-electron chi connectivity index (χ3n) is 2.42. The van der Waals surface area contributed by atoms with E-state index in [1.54, 1.807) is 19.2 Å². The maximum atomic E-state index is 10.6. The lowest BCUT2D eigenvalue weighted by atomic mass is 10.3. The lowest BCUT2D eigenvalue weighted by Gasteiger charge is -2.06. The summed E-state index contributed by atoms with van der Waals surface area (Å²) < 4.78 is 1.81. The van der Waals surface area contributed by atoms with Gasteiger partial charge in [-0.25, -0.2) is 4.98 Å². The minimum Gasteiger partial charge on any atom is -0.480 e. The van der Waals surface area contributed by atoms with Gasteiger partial charge >= 0.3 is 5.97 Å². The highest BCUT2D eigenvalue weighted by Crippen LogP contribution is 2.11. The third kappa shape index (κ3) is 2.75. The largest absolute Gasteiger partial charge is 0.480 e. The molecule has 0 aromatic carbocycles. The molecule has 0 aliphatic heterocycles. The maximum absolute atomic E-state index is 10.6. The number of fused-ring (bicyclic) bond motifs is 1. The Morgan fingerprint density at radius 2 is 2.35 bits per heavy atom. The highest BCUT2D eigenvalue weighted by molar-refractivity contribution is 6.30. The summed E-state index contributed by atoms with van der Waals surface area (Å²) in [4.78, 5) is 15.0. The van der Waals surface area contributed by atoms with Crippen LogP contribution in [0.15, 0.2) is 24.5 Å². The van der Waals surface area contributed by atoms with Gasteiger partial charge in [-0.3, -0.25) is 10.1 Å². The molecule has 5 nitrogen and oxygen atoms in total. The van der Waals surface area contributed by atoms with Crippen LogP contribution in [-0.4, -0.2) is 26.5 Å². The van der Waals surface area contributed by atoms with E-state index in [0.717, 1.165) is 11.3 Å². The molecule has 0 radical (unpaired) electrons. The Labute approximate surface area is 103 Å². The van der Waals surface area contributed by atoms with E-state index >= 15 is 0 Å². The summed E-state index contributed by atoms with van der Waals surface area (Å²) in [6, 6.07) is 2.98. The number of aliphatic carboxylic acids is 1. The van der Waals surface area contributed by atoms with Crippen LogP contribution in [0.1, 0.15) is 12.6 Å². The minimum absolute atomic E-state index is 0.409. The lowest BCUT2D eigenvalue weighted by molar-refractivity contribution is -0.139. The van der Waals surface area contributed by atoms with Crippen molar-refractivity contribution in [1.29, 1.82) is 0 Å². The maximum Gasteiger partial charge on any atom is 0.320 e. The van der Waals surface area contributed by atoms with Crippen molar-refractivity contribution >= 4 is 23.2 Å². The predicted molar refractivity (Wildman–Crippen MR) is 64.1 cm³/mol. The zero-order valence-electron chi connectivity index (χ0n) is 9.22. The number of halogens is 1. The molecule has 0 amide bonds. The van der Waals surface area contributed by atoms with Crippen LogP contribution in [0.3, 0.4) is 0 Å². The van der Waals surface area contributed by atoms with Gasteiger partial charge in [0.1, 0.15) is 11.7 Å². The summed E-state index contributed by atoms with van der Waals surface area (Å²) >= 11 is 5.86. The second kappa shape index (κ2) is 4.73. The molecule has 90 valence electrons. The Kier molecular flexibility index (Phi) is 3.31. The van der Waals surface area contributed by atoms with Gasteiger partial charge in [-0.2, -0.15) is 0 Å². The first-order valence-electron chi connectivity index (χ1n) is 5.15. The number of carbonyl (C=O) groups is 1. The Hall–Kier alpha value is -1.59. The van der Waals surface area contributed by atoms with Crippen molar-refractivity contribution in [2.75, 3.05) is 0 Å². The van der Waals surface area contributed by atoms with Crippen LogP contribution in [0.25, 0.3) is 5.65 Å². The molecule has 0 fully saturated rings. The van der Waals surface area contributed by atoms with E-state index in [-0.39, 0.29) is 0 Å². The predicted octanol–water partition coefficient (Wildman–Crippen LogP) is 1.55. The monoisotopic (exact) mass is 253 g/mol. The molecule has 2 rings (SSSR count). The van der Waals surface area contributed by atoms with E-state index in [9.17, 15) is 4.79 Å². The number of hydrogen-bond donors (Lipinski definition) is 2. The highest BCUT2D eigenvalue weighted by atomic mass is 35.5. The number of hydrogen-bond acceptors (Lipinski definition) is 3. The molecule has 0 aliphatic rings. The van der Waals surface area contributed by atoms with E-state index in [0.29, 0.717) is 11.6 Å². The number of pyridine rings is 1. The lowest BCUT2D eigenvalue weighted by Crippen LogP contribution is -2.33. The van der Waals surface area contributed by atoms with Crippen LogP contribution in [0.2, 0.25) is 5.02 Å². The Bertz CT molecular complexity index is 553. The summed E-state index contributed by atoms with van der Waals surface area (Å²) in [5.41, 5.74) is 1.56. The van der Waals surface area contributed by atoms with E-state index < -0.39 is 12.0 Å². The minimum atomic E-state index is -0.878. The molecule has 1 unspecified atom stereocenters. The van der Waals surface area contributed by atoms with Crippen molar-refractivity contribution in [3.05, 3.63) is 35.2 Å².